The number of aryl methyl sites for hydroxylation is 1. The summed E-state index contributed by atoms with van der Waals surface area (Å²) in [4.78, 5) is 25.3. The first-order valence-corrected chi connectivity index (χ1v) is 11.4. The van der Waals surface area contributed by atoms with Crippen LogP contribution in [-0.2, 0) is 17.6 Å². The van der Waals surface area contributed by atoms with Crippen LogP contribution < -0.4 is 0 Å². The molecule has 0 fully saturated rings. The number of Topliss-reactive ketones (excluding diaryl/α,β-unsaturated/α-hetero) is 2. The maximum atomic E-state index is 12.6. The summed E-state index contributed by atoms with van der Waals surface area (Å²) in [6.07, 6.45) is 11.3. The third-order valence-corrected chi connectivity index (χ3v) is 6.19. The van der Waals surface area contributed by atoms with Crippen molar-refractivity contribution >= 4 is 11.6 Å². The summed E-state index contributed by atoms with van der Waals surface area (Å²) in [6, 6.07) is 8.16. The van der Waals surface area contributed by atoms with Crippen molar-refractivity contribution in [2.75, 3.05) is 0 Å². The Morgan fingerprint density at radius 1 is 0.839 bits per heavy atom. The van der Waals surface area contributed by atoms with E-state index in [1.165, 1.54) is 57.1 Å². The second kappa shape index (κ2) is 10.5. The largest absolute Gasteiger partial charge is 0.504 e. The zero-order chi connectivity index (χ0) is 22.4. The van der Waals surface area contributed by atoms with Gasteiger partial charge in [-0.3, -0.25) is 9.59 Å². The van der Waals surface area contributed by atoms with Gasteiger partial charge in [0.2, 0.25) is 11.6 Å². The zero-order valence-corrected chi connectivity index (χ0v) is 18.2. The lowest BCUT2D eigenvalue weighted by Gasteiger charge is -2.24. The summed E-state index contributed by atoms with van der Waals surface area (Å²) in [7, 11) is 0. The molecule has 5 nitrogen and oxygen atoms in total. The number of unbranched alkanes of at least 4 members (excludes halogenated alkanes) is 7. The number of rotatable bonds is 10. The summed E-state index contributed by atoms with van der Waals surface area (Å²) in [5.41, 5.74) is 2.74. The molecule has 0 spiro atoms. The van der Waals surface area contributed by atoms with E-state index in [2.05, 4.69) is 6.92 Å². The van der Waals surface area contributed by atoms with E-state index in [-0.39, 0.29) is 0 Å². The summed E-state index contributed by atoms with van der Waals surface area (Å²) in [5.74, 6) is -3.54. The highest BCUT2D eigenvalue weighted by atomic mass is 16.3. The molecule has 166 valence electrons. The molecule has 0 saturated heterocycles. The summed E-state index contributed by atoms with van der Waals surface area (Å²) >= 11 is 0. The standard InChI is InChI=1S/C26H32O5/c1-2-3-4-5-6-7-8-9-10-17-11-12-20-18(13-17)14-21(25(30)24(20)29)19-15-22(27)26(31)23(28)16-19/h11-13,15-16,21,27-28,31H,2-10,14H2,1H3. The van der Waals surface area contributed by atoms with E-state index in [1.54, 1.807) is 6.07 Å². The monoisotopic (exact) mass is 424 g/mol. The van der Waals surface area contributed by atoms with Gasteiger partial charge in [-0.2, -0.15) is 0 Å². The first-order valence-electron chi connectivity index (χ1n) is 11.4. The molecule has 2 aromatic carbocycles. The number of carbonyl (C=O) groups is 2. The molecule has 0 amide bonds. The topological polar surface area (TPSA) is 94.8 Å². The number of phenolic OH excluding ortho intramolecular Hbond substituents is 3. The highest BCUT2D eigenvalue weighted by Gasteiger charge is 2.35. The van der Waals surface area contributed by atoms with Crippen LogP contribution >= 0.6 is 0 Å². The predicted molar refractivity (Wildman–Crippen MR) is 120 cm³/mol. The van der Waals surface area contributed by atoms with Gasteiger partial charge >= 0.3 is 0 Å². The van der Waals surface area contributed by atoms with Crippen molar-refractivity contribution in [2.24, 2.45) is 0 Å². The molecule has 5 heteroatoms. The molecular formula is C26H32O5. The van der Waals surface area contributed by atoms with E-state index >= 15 is 0 Å². The Morgan fingerprint density at radius 3 is 2.10 bits per heavy atom. The fourth-order valence-corrected chi connectivity index (χ4v) is 4.36. The number of fused-ring (bicyclic) bond motifs is 1. The third kappa shape index (κ3) is 5.46. The summed E-state index contributed by atoms with van der Waals surface area (Å²) in [5, 5.41) is 29.2. The zero-order valence-electron chi connectivity index (χ0n) is 18.2. The van der Waals surface area contributed by atoms with Crippen molar-refractivity contribution in [3.63, 3.8) is 0 Å². The molecule has 0 aromatic heterocycles. The van der Waals surface area contributed by atoms with Crippen molar-refractivity contribution in [3.8, 4) is 17.2 Å². The SMILES string of the molecule is CCCCCCCCCCc1ccc2c(c1)CC(c1cc(O)c(O)c(O)c1)C(=O)C2=O. The van der Waals surface area contributed by atoms with Crippen LogP contribution in [0, 0.1) is 0 Å². The number of ketones is 2. The van der Waals surface area contributed by atoms with Gasteiger partial charge in [0, 0.05) is 5.56 Å². The van der Waals surface area contributed by atoms with Crippen molar-refractivity contribution in [1.82, 2.24) is 0 Å². The van der Waals surface area contributed by atoms with Crippen molar-refractivity contribution < 1.29 is 24.9 Å². The van der Waals surface area contributed by atoms with Crippen molar-refractivity contribution in [2.45, 2.75) is 77.0 Å². The second-order valence-corrected chi connectivity index (χ2v) is 8.57. The van der Waals surface area contributed by atoms with Crippen LogP contribution in [-0.4, -0.2) is 26.9 Å². The minimum atomic E-state index is -0.782. The van der Waals surface area contributed by atoms with Crippen molar-refractivity contribution in [3.05, 3.63) is 52.6 Å². The quantitative estimate of drug-likeness (QED) is 0.263. The first kappa shape index (κ1) is 22.9. The average molecular weight is 425 g/mol. The predicted octanol–water partition coefficient (Wildman–Crippen LogP) is 5.58. The van der Waals surface area contributed by atoms with Gasteiger partial charge in [0.05, 0.1) is 5.92 Å². The Kier molecular flexibility index (Phi) is 7.72. The van der Waals surface area contributed by atoms with Crippen LogP contribution in [0.3, 0.4) is 0 Å². The lowest BCUT2D eigenvalue weighted by atomic mass is 9.77. The Morgan fingerprint density at radius 2 is 1.45 bits per heavy atom. The number of benzene rings is 2. The summed E-state index contributed by atoms with van der Waals surface area (Å²) < 4.78 is 0. The van der Waals surface area contributed by atoms with E-state index in [0.29, 0.717) is 17.5 Å². The molecule has 1 aliphatic carbocycles. The maximum Gasteiger partial charge on any atom is 0.229 e. The number of phenols is 3. The molecule has 0 radical (unpaired) electrons. The normalized spacial score (nSPS) is 15.8. The molecule has 0 heterocycles. The fourth-order valence-electron chi connectivity index (χ4n) is 4.36. The van der Waals surface area contributed by atoms with Gasteiger partial charge in [0.15, 0.2) is 17.2 Å². The molecule has 3 N–H and O–H groups in total. The number of hydrogen-bond donors (Lipinski definition) is 3. The maximum absolute atomic E-state index is 12.6. The molecule has 1 aliphatic rings. The molecule has 2 aromatic rings. The van der Waals surface area contributed by atoms with Gasteiger partial charge in [-0.1, -0.05) is 70.1 Å². The molecule has 3 rings (SSSR count). The second-order valence-electron chi connectivity index (χ2n) is 8.57. The first-order chi connectivity index (χ1) is 14.9. The molecule has 1 atom stereocenters. The highest BCUT2D eigenvalue weighted by Crippen LogP contribution is 2.40. The highest BCUT2D eigenvalue weighted by molar-refractivity contribution is 6.46. The van der Waals surface area contributed by atoms with Crippen LogP contribution in [0.2, 0.25) is 0 Å². The fraction of sp³-hybridized carbons (Fsp3) is 0.462. The lowest BCUT2D eigenvalue weighted by molar-refractivity contribution is -0.116. The van der Waals surface area contributed by atoms with Crippen molar-refractivity contribution in [1.29, 1.82) is 0 Å². The van der Waals surface area contributed by atoms with Crippen LogP contribution in [0.5, 0.6) is 17.2 Å². The molecule has 0 bridgehead atoms. The Balaban J connectivity index is 1.65. The van der Waals surface area contributed by atoms with Crippen LogP contribution in [0.4, 0.5) is 0 Å². The number of carbonyl (C=O) groups excluding carboxylic acids is 2. The molecule has 0 saturated carbocycles. The van der Waals surface area contributed by atoms with E-state index < -0.39 is 34.7 Å². The van der Waals surface area contributed by atoms with Crippen LogP contribution in [0.1, 0.15) is 91.3 Å². The van der Waals surface area contributed by atoms with Crippen LogP contribution in [0.25, 0.3) is 0 Å². The van der Waals surface area contributed by atoms with E-state index in [0.717, 1.165) is 24.0 Å². The van der Waals surface area contributed by atoms with Crippen LogP contribution in [0.15, 0.2) is 30.3 Å². The molecule has 1 unspecified atom stereocenters. The molecule has 0 aliphatic heterocycles. The van der Waals surface area contributed by atoms with Gasteiger partial charge in [0.25, 0.3) is 0 Å². The number of aromatic hydroxyl groups is 3. The van der Waals surface area contributed by atoms with E-state index in [9.17, 15) is 24.9 Å². The van der Waals surface area contributed by atoms with Gasteiger partial charge in [-0.15, -0.1) is 0 Å². The minimum absolute atomic E-state index is 0.324. The average Bonchev–Trinajstić information content (AvgIpc) is 2.76. The minimum Gasteiger partial charge on any atom is -0.504 e. The Labute approximate surface area is 183 Å². The molecule has 31 heavy (non-hydrogen) atoms. The van der Waals surface area contributed by atoms with Gasteiger partial charge in [-0.25, -0.2) is 0 Å². The Hall–Kier alpha value is -2.82. The Bertz CT molecular complexity index is 924. The smallest absolute Gasteiger partial charge is 0.229 e. The molecular weight excluding hydrogens is 392 g/mol. The lowest BCUT2D eigenvalue weighted by Crippen LogP contribution is -2.30. The third-order valence-electron chi connectivity index (χ3n) is 6.19. The van der Waals surface area contributed by atoms with Gasteiger partial charge in [0.1, 0.15) is 0 Å². The van der Waals surface area contributed by atoms with Gasteiger partial charge < -0.3 is 15.3 Å². The summed E-state index contributed by atoms with van der Waals surface area (Å²) in [6.45, 7) is 2.22. The van der Waals surface area contributed by atoms with Gasteiger partial charge in [-0.05, 0) is 48.1 Å². The van der Waals surface area contributed by atoms with E-state index in [1.807, 2.05) is 12.1 Å². The number of hydrogen-bond acceptors (Lipinski definition) is 5. The van der Waals surface area contributed by atoms with E-state index in [4.69, 9.17) is 0 Å².